The van der Waals surface area contributed by atoms with Gasteiger partial charge in [0.25, 0.3) is 0 Å². The van der Waals surface area contributed by atoms with E-state index in [1.165, 1.54) is 122 Å². The third-order valence-corrected chi connectivity index (χ3v) is 5.53. The lowest BCUT2D eigenvalue weighted by molar-refractivity contribution is 0.147. The summed E-state index contributed by atoms with van der Waals surface area (Å²) < 4.78 is 0. The van der Waals surface area contributed by atoms with E-state index in [0.29, 0.717) is 0 Å². The predicted octanol–water partition coefficient (Wildman–Crippen LogP) is 9.22. The van der Waals surface area contributed by atoms with Crippen LogP contribution in [0.1, 0.15) is 156 Å². The fourth-order valence-corrected chi connectivity index (χ4v) is 3.70. The van der Waals surface area contributed by atoms with E-state index in [-0.39, 0.29) is 13.5 Å². The third kappa shape index (κ3) is 24.0. The number of aliphatic hydroxyl groups is 1. The maximum atomic E-state index is 10.1. The second kappa shape index (κ2) is 25.0. The zero-order valence-corrected chi connectivity index (χ0v) is 17.9. The fraction of sp³-hybridized carbons (Fsp3) is 1.00. The van der Waals surface area contributed by atoms with Crippen molar-refractivity contribution >= 4 is 0 Å². The highest BCUT2D eigenvalue weighted by atomic mass is 16.3. The van der Waals surface area contributed by atoms with Crippen LogP contribution in [0.15, 0.2) is 0 Å². The summed E-state index contributed by atoms with van der Waals surface area (Å²) in [7, 11) is 0. The second-order valence-electron chi connectivity index (χ2n) is 8.24. The van der Waals surface area contributed by atoms with Crippen molar-refractivity contribution in [1.82, 2.24) is 0 Å². The Morgan fingerprint density at radius 1 is 0.423 bits per heavy atom. The van der Waals surface area contributed by atoms with Crippen LogP contribution in [0.4, 0.5) is 0 Å². The molecule has 0 aromatic heterocycles. The molecular formula is C25H54O. The molecule has 0 aliphatic rings. The van der Waals surface area contributed by atoms with Crippen molar-refractivity contribution in [3.8, 4) is 0 Å². The topological polar surface area (TPSA) is 20.2 Å². The Morgan fingerprint density at radius 3 is 0.923 bits per heavy atom. The van der Waals surface area contributed by atoms with E-state index >= 15 is 0 Å². The van der Waals surface area contributed by atoms with E-state index < -0.39 is 0 Å². The number of hydrogen-bond acceptors (Lipinski definition) is 1. The van der Waals surface area contributed by atoms with Gasteiger partial charge in [-0.2, -0.15) is 0 Å². The van der Waals surface area contributed by atoms with Crippen LogP contribution in [-0.2, 0) is 0 Å². The molecular weight excluding hydrogens is 316 g/mol. The van der Waals surface area contributed by atoms with Gasteiger partial charge < -0.3 is 5.11 Å². The Bertz CT molecular complexity index is 226. The minimum absolute atomic E-state index is 0. The van der Waals surface area contributed by atoms with Gasteiger partial charge in [-0.3, -0.25) is 0 Å². The molecule has 26 heavy (non-hydrogen) atoms. The average Bonchev–Trinajstić information content (AvgIpc) is 2.62. The van der Waals surface area contributed by atoms with Crippen LogP contribution in [0.2, 0.25) is 0 Å². The molecule has 0 saturated carbocycles. The van der Waals surface area contributed by atoms with Crippen molar-refractivity contribution in [3.05, 3.63) is 0 Å². The maximum Gasteiger partial charge on any atom is 0.0540 e. The molecule has 1 atom stereocenters. The summed E-state index contributed by atoms with van der Waals surface area (Å²) in [6.07, 6.45) is 28.2. The maximum absolute atomic E-state index is 10.1. The highest BCUT2D eigenvalue weighted by molar-refractivity contribution is 4.57. The molecule has 160 valence electrons. The summed E-state index contributed by atoms with van der Waals surface area (Å²) in [6.45, 7) is 4.56. The summed E-state index contributed by atoms with van der Waals surface area (Å²) in [6, 6.07) is 0. The second-order valence-corrected chi connectivity index (χ2v) is 8.24. The molecule has 1 heteroatoms. The minimum Gasteiger partial charge on any atom is -0.393 e. The van der Waals surface area contributed by atoms with Crippen molar-refractivity contribution in [2.24, 2.45) is 0 Å². The molecule has 0 aromatic rings. The van der Waals surface area contributed by atoms with Gasteiger partial charge in [-0.25, -0.2) is 0 Å². The molecule has 0 bridgehead atoms. The van der Waals surface area contributed by atoms with E-state index in [9.17, 15) is 5.11 Å². The normalized spacial score (nSPS) is 12.1. The zero-order chi connectivity index (χ0) is 18.4. The summed E-state index contributed by atoms with van der Waals surface area (Å²) in [5, 5.41) is 10.1. The molecule has 0 aromatic carbocycles. The molecule has 0 spiro atoms. The molecule has 1 N–H and O–H groups in total. The van der Waals surface area contributed by atoms with Crippen molar-refractivity contribution in [3.63, 3.8) is 0 Å². The molecule has 0 heterocycles. The Balaban J connectivity index is 0. The van der Waals surface area contributed by atoms with Crippen molar-refractivity contribution in [2.45, 2.75) is 162 Å². The number of unbranched alkanes of at least 4 members (excludes halogenated alkanes) is 17. The number of aliphatic hydroxyl groups excluding tert-OH is 1. The average molecular weight is 371 g/mol. The van der Waals surface area contributed by atoms with Gasteiger partial charge in [0.1, 0.15) is 0 Å². The first-order valence-electron chi connectivity index (χ1n) is 12.0. The first kappa shape index (κ1) is 28.2. The SMILES string of the molecule is C.CCCCCCCCCCCCCC(O)CCCCCCCCCC. The molecule has 0 amide bonds. The Labute approximate surface area is 167 Å². The van der Waals surface area contributed by atoms with Gasteiger partial charge >= 0.3 is 0 Å². The van der Waals surface area contributed by atoms with Gasteiger partial charge in [-0.1, -0.05) is 143 Å². The van der Waals surface area contributed by atoms with Gasteiger partial charge in [0, 0.05) is 0 Å². The molecule has 0 aliphatic heterocycles. The lowest BCUT2D eigenvalue weighted by Gasteiger charge is -2.10. The van der Waals surface area contributed by atoms with Crippen LogP contribution >= 0.6 is 0 Å². The molecule has 1 nitrogen and oxygen atoms in total. The molecule has 0 radical (unpaired) electrons. The summed E-state index contributed by atoms with van der Waals surface area (Å²) in [4.78, 5) is 0. The highest BCUT2D eigenvalue weighted by Gasteiger charge is 2.03. The van der Waals surface area contributed by atoms with Gasteiger partial charge in [0.15, 0.2) is 0 Å². The van der Waals surface area contributed by atoms with Gasteiger partial charge in [0.2, 0.25) is 0 Å². The Kier molecular flexibility index (Phi) is 27.0. The van der Waals surface area contributed by atoms with E-state index in [1.54, 1.807) is 0 Å². The first-order valence-corrected chi connectivity index (χ1v) is 12.0. The van der Waals surface area contributed by atoms with Crippen LogP contribution in [0.5, 0.6) is 0 Å². The quantitative estimate of drug-likeness (QED) is 0.200. The molecule has 0 fully saturated rings. The lowest BCUT2D eigenvalue weighted by atomic mass is 10.0. The van der Waals surface area contributed by atoms with Crippen LogP contribution in [0.25, 0.3) is 0 Å². The first-order chi connectivity index (χ1) is 12.3. The lowest BCUT2D eigenvalue weighted by Crippen LogP contribution is -2.05. The minimum atomic E-state index is -0.0290. The molecule has 0 rings (SSSR count). The van der Waals surface area contributed by atoms with Crippen molar-refractivity contribution in [2.75, 3.05) is 0 Å². The Hall–Kier alpha value is -0.0400. The monoisotopic (exact) mass is 370 g/mol. The summed E-state index contributed by atoms with van der Waals surface area (Å²) in [5.74, 6) is 0. The highest BCUT2D eigenvalue weighted by Crippen LogP contribution is 2.15. The third-order valence-electron chi connectivity index (χ3n) is 5.53. The van der Waals surface area contributed by atoms with Gasteiger partial charge in [0.05, 0.1) is 6.10 Å². The van der Waals surface area contributed by atoms with E-state index in [0.717, 1.165) is 12.8 Å². The van der Waals surface area contributed by atoms with E-state index in [1.807, 2.05) is 0 Å². The van der Waals surface area contributed by atoms with E-state index in [4.69, 9.17) is 0 Å². The molecule has 0 aliphatic carbocycles. The molecule has 0 saturated heterocycles. The van der Waals surface area contributed by atoms with Crippen LogP contribution in [-0.4, -0.2) is 11.2 Å². The van der Waals surface area contributed by atoms with Crippen LogP contribution in [0, 0.1) is 0 Å². The predicted molar refractivity (Wildman–Crippen MR) is 121 cm³/mol. The van der Waals surface area contributed by atoms with E-state index in [2.05, 4.69) is 13.8 Å². The standard InChI is InChI=1S/C24H50O.CH4/c1-3-5-7-9-11-13-14-15-17-19-21-23-24(25)22-20-18-16-12-10-8-6-4-2;/h24-25H,3-23H2,1-2H3;1H4. The van der Waals surface area contributed by atoms with Crippen molar-refractivity contribution in [1.29, 1.82) is 0 Å². The van der Waals surface area contributed by atoms with Crippen LogP contribution < -0.4 is 0 Å². The molecule has 1 unspecified atom stereocenters. The fourth-order valence-electron chi connectivity index (χ4n) is 3.70. The number of hydrogen-bond donors (Lipinski definition) is 1. The number of rotatable bonds is 21. The van der Waals surface area contributed by atoms with Crippen molar-refractivity contribution < 1.29 is 5.11 Å². The smallest absolute Gasteiger partial charge is 0.0540 e. The van der Waals surface area contributed by atoms with Crippen LogP contribution in [0.3, 0.4) is 0 Å². The zero-order valence-electron chi connectivity index (χ0n) is 17.9. The Morgan fingerprint density at radius 2 is 0.654 bits per heavy atom. The largest absolute Gasteiger partial charge is 0.393 e. The van der Waals surface area contributed by atoms with Gasteiger partial charge in [-0.15, -0.1) is 0 Å². The summed E-state index contributed by atoms with van der Waals surface area (Å²) >= 11 is 0. The summed E-state index contributed by atoms with van der Waals surface area (Å²) in [5.41, 5.74) is 0. The van der Waals surface area contributed by atoms with Gasteiger partial charge in [-0.05, 0) is 12.8 Å².